The predicted molar refractivity (Wildman–Crippen MR) is 121 cm³/mol. The van der Waals surface area contributed by atoms with E-state index in [0.717, 1.165) is 68.6 Å². The Balaban J connectivity index is 1.44. The van der Waals surface area contributed by atoms with Crippen LogP contribution in [0.15, 0.2) is 48.5 Å². The van der Waals surface area contributed by atoms with Crippen LogP contribution in [0.2, 0.25) is 5.02 Å². The molecule has 1 aliphatic heterocycles. The van der Waals surface area contributed by atoms with Crippen LogP contribution in [-0.2, 0) is 15.0 Å². The van der Waals surface area contributed by atoms with E-state index < -0.39 is 5.41 Å². The van der Waals surface area contributed by atoms with Gasteiger partial charge in [-0.25, -0.2) is 0 Å². The fourth-order valence-corrected chi connectivity index (χ4v) is 4.95. The lowest BCUT2D eigenvalue weighted by atomic mass is 9.78. The minimum atomic E-state index is -0.486. The molecule has 1 saturated carbocycles. The summed E-state index contributed by atoms with van der Waals surface area (Å²) in [4.78, 5) is 26.9. The minimum Gasteiger partial charge on any atom is -0.371 e. The molecule has 0 unspecified atom stereocenters. The monoisotopic (exact) mass is 425 g/mol. The molecule has 3 N–H and O–H groups in total. The van der Waals surface area contributed by atoms with Gasteiger partial charge in [0, 0.05) is 35.4 Å². The number of carbonyl (C=O) groups is 2. The van der Waals surface area contributed by atoms with Crippen molar-refractivity contribution < 1.29 is 9.59 Å². The fourth-order valence-electron chi connectivity index (χ4n) is 4.82. The molecule has 2 aromatic rings. The van der Waals surface area contributed by atoms with Gasteiger partial charge in [0.05, 0.1) is 5.41 Å². The molecule has 158 valence electrons. The van der Waals surface area contributed by atoms with Gasteiger partial charge in [0.15, 0.2) is 0 Å². The first-order valence-corrected chi connectivity index (χ1v) is 11.1. The fraction of sp³-hybridized carbons (Fsp3) is 0.417. The summed E-state index contributed by atoms with van der Waals surface area (Å²) in [6, 6.07) is 15.7. The van der Waals surface area contributed by atoms with E-state index >= 15 is 0 Å². The van der Waals surface area contributed by atoms with Crippen molar-refractivity contribution in [3.05, 3.63) is 59.1 Å². The van der Waals surface area contributed by atoms with E-state index in [2.05, 4.69) is 10.2 Å². The van der Waals surface area contributed by atoms with Crippen molar-refractivity contribution in [2.75, 3.05) is 23.3 Å². The first kappa shape index (κ1) is 20.7. The Morgan fingerprint density at radius 3 is 2.13 bits per heavy atom. The largest absolute Gasteiger partial charge is 0.371 e. The third kappa shape index (κ3) is 4.17. The number of benzene rings is 2. The van der Waals surface area contributed by atoms with Gasteiger partial charge in [-0.15, -0.1) is 0 Å². The number of rotatable bonds is 5. The number of piperidine rings is 1. The molecule has 1 heterocycles. The zero-order chi connectivity index (χ0) is 21.1. The summed E-state index contributed by atoms with van der Waals surface area (Å²) in [7, 11) is 0. The first-order valence-electron chi connectivity index (χ1n) is 10.7. The summed E-state index contributed by atoms with van der Waals surface area (Å²) < 4.78 is 0. The van der Waals surface area contributed by atoms with Gasteiger partial charge in [0.25, 0.3) is 0 Å². The number of nitrogens with one attached hydrogen (secondary N) is 1. The van der Waals surface area contributed by atoms with Gasteiger partial charge in [-0.05, 0) is 67.6 Å². The molecule has 2 amide bonds. The molecule has 0 radical (unpaired) electrons. The van der Waals surface area contributed by atoms with Crippen molar-refractivity contribution in [2.45, 2.75) is 43.9 Å². The number of primary amides is 1. The number of nitrogens with two attached hydrogens (primary N) is 1. The molecule has 2 fully saturated rings. The van der Waals surface area contributed by atoms with Gasteiger partial charge in [-0.2, -0.15) is 0 Å². The molecule has 1 aliphatic carbocycles. The summed E-state index contributed by atoms with van der Waals surface area (Å²) in [5, 5.41) is 3.82. The van der Waals surface area contributed by atoms with Crippen LogP contribution in [0, 0.1) is 5.92 Å². The summed E-state index contributed by atoms with van der Waals surface area (Å²) in [6.07, 6.45) is 5.39. The molecule has 4 rings (SSSR count). The highest BCUT2D eigenvalue weighted by Crippen LogP contribution is 2.42. The van der Waals surface area contributed by atoms with E-state index in [0.29, 0.717) is 5.02 Å². The Morgan fingerprint density at radius 2 is 1.57 bits per heavy atom. The minimum absolute atomic E-state index is 0.0183. The Kier molecular flexibility index (Phi) is 6.00. The van der Waals surface area contributed by atoms with Crippen molar-refractivity contribution in [3.8, 4) is 0 Å². The van der Waals surface area contributed by atoms with E-state index in [1.807, 2.05) is 48.5 Å². The second-order valence-corrected chi connectivity index (χ2v) is 8.90. The maximum Gasteiger partial charge on any atom is 0.235 e. The van der Waals surface area contributed by atoms with Crippen LogP contribution in [-0.4, -0.2) is 24.9 Å². The van der Waals surface area contributed by atoms with Gasteiger partial charge >= 0.3 is 0 Å². The second-order valence-electron chi connectivity index (χ2n) is 8.46. The number of halogens is 1. The molecule has 0 atom stereocenters. The highest BCUT2D eigenvalue weighted by atomic mass is 35.5. The average Bonchev–Trinajstić information content (AvgIpc) is 3.26. The van der Waals surface area contributed by atoms with Crippen LogP contribution < -0.4 is 16.0 Å². The SMILES string of the molecule is NC(=O)C1CCN(c2ccc(NC(=O)C3(c4ccc(Cl)cc4)CCCC3)cc2)CC1. The number of hydrogen-bond donors (Lipinski definition) is 2. The van der Waals surface area contributed by atoms with Gasteiger partial charge in [-0.3, -0.25) is 9.59 Å². The number of nitrogens with zero attached hydrogens (tertiary/aromatic N) is 1. The zero-order valence-corrected chi connectivity index (χ0v) is 17.8. The Labute approximate surface area is 182 Å². The number of carbonyl (C=O) groups excluding carboxylic acids is 2. The van der Waals surface area contributed by atoms with Crippen LogP contribution in [0.5, 0.6) is 0 Å². The summed E-state index contributed by atoms with van der Waals surface area (Å²) in [6.45, 7) is 1.64. The van der Waals surface area contributed by atoms with Crippen LogP contribution in [0.1, 0.15) is 44.1 Å². The average molecular weight is 426 g/mol. The maximum absolute atomic E-state index is 13.3. The topological polar surface area (TPSA) is 75.4 Å². The molecule has 6 heteroatoms. The Hall–Kier alpha value is -2.53. The molecule has 2 aliphatic rings. The molecule has 2 aromatic carbocycles. The third-order valence-corrected chi connectivity index (χ3v) is 6.93. The molecule has 1 saturated heterocycles. The maximum atomic E-state index is 13.3. The zero-order valence-electron chi connectivity index (χ0n) is 17.1. The molecule has 0 spiro atoms. The van der Waals surface area contributed by atoms with Gasteiger partial charge in [-0.1, -0.05) is 36.6 Å². The molecular formula is C24H28ClN3O2. The lowest BCUT2D eigenvalue weighted by molar-refractivity contribution is -0.122. The molecule has 0 bridgehead atoms. The highest BCUT2D eigenvalue weighted by Gasteiger charge is 2.42. The lowest BCUT2D eigenvalue weighted by Gasteiger charge is -2.32. The van der Waals surface area contributed by atoms with Gasteiger partial charge in [0.2, 0.25) is 11.8 Å². The number of anilines is 2. The molecule has 5 nitrogen and oxygen atoms in total. The first-order chi connectivity index (χ1) is 14.5. The quantitative estimate of drug-likeness (QED) is 0.740. The van der Waals surface area contributed by atoms with Crippen LogP contribution >= 0.6 is 11.6 Å². The Morgan fingerprint density at radius 1 is 0.967 bits per heavy atom. The van der Waals surface area contributed by atoms with Crippen LogP contribution in [0.25, 0.3) is 0 Å². The van der Waals surface area contributed by atoms with Crippen molar-refractivity contribution in [2.24, 2.45) is 11.7 Å². The smallest absolute Gasteiger partial charge is 0.235 e. The summed E-state index contributed by atoms with van der Waals surface area (Å²) >= 11 is 6.05. The van der Waals surface area contributed by atoms with E-state index in [-0.39, 0.29) is 17.7 Å². The van der Waals surface area contributed by atoms with Gasteiger partial charge in [0.1, 0.15) is 0 Å². The second kappa shape index (κ2) is 8.68. The highest BCUT2D eigenvalue weighted by molar-refractivity contribution is 6.30. The predicted octanol–water partition coefficient (Wildman–Crippen LogP) is 4.49. The van der Waals surface area contributed by atoms with E-state index in [1.54, 1.807) is 0 Å². The number of hydrogen-bond acceptors (Lipinski definition) is 3. The normalized spacial score (nSPS) is 18.9. The van der Waals surface area contributed by atoms with Crippen molar-refractivity contribution in [3.63, 3.8) is 0 Å². The molecule has 0 aromatic heterocycles. The number of amides is 2. The van der Waals surface area contributed by atoms with Gasteiger partial charge < -0.3 is 16.0 Å². The van der Waals surface area contributed by atoms with E-state index in [4.69, 9.17) is 17.3 Å². The molecular weight excluding hydrogens is 398 g/mol. The molecule has 30 heavy (non-hydrogen) atoms. The van der Waals surface area contributed by atoms with Crippen LogP contribution in [0.3, 0.4) is 0 Å². The summed E-state index contributed by atoms with van der Waals surface area (Å²) in [5.74, 6) is -0.165. The van der Waals surface area contributed by atoms with Crippen molar-refractivity contribution >= 4 is 34.8 Å². The third-order valence-electron chi connectivity index (χ3n) is 6.68. The van der Waals surface area contributed by atoms with E-state index in [9.17, 15) is 9.59 Å². The van der Waals surface area contributed by atoms with E-state index in [1.165, 1.54) is 0 Å². The lowest BCUT2D eigenvalue weighted by Crippen LogP contribution is -2.38. The standard InChI is InChI=1S/C24H28ClN3O2/c25-19-5-3-18(4-6-19)24(13-1-2-14-24)23(30)27-20-7-9-21(10-8-20)28-15-11-17(12-16-28)22(26)29/h3-10,17H,1-2,11-16H2,(H2,26,29)(H,27,30). The van der Waals surface area contributed by atoms with Crippen molar-refractivity contribution in [1.29, 1.82) is 0 Å². The van der Waals surface area contributed by atoms with Crippen molar-refractivity contribution in [1.82, 2.24) is 0 Å². The Bertz CT molecular complexity index is 897. The van der Waals surface area contributed by atoms with Crippen LogP contribution in [0.4, 0.5) is 11.4 Å². The summed E-state index contributed by atoms with van der Waals surface area (Å²) in [5.41, 5.74) is 7.88.